The highest BCUT2D eigenvalue weighted by Gasteiger charge is 2.76. The molecule has 0 radical (unpaired) electrons. The molecule has 72 heavy (non-hydrogen) atoms. The molecule has 1 aliphatic heterocycles. The van der Waals surface area contributed by atoms with E-state index in [1.807, 2.05) is 51.1 Å². The van der Waals surface area contributed by atoms with Gasteiger partial charge < -0.3 is 50.8 Å². The number of carboxylic acids is 1. The average Bonchev–Trinajstić information content (AvgIpc) is 3.82. The number of thioether (sulfide) groups is 1. The zero-order chi connectivity index (χ0) is 51.4. The van der Waals surface area contributed by atoms with Crippen LogP contribution in [0.4, 0.5) is 10.5 Å². The van der Waals surface area contributed by atoms with E-state index in [2.05, 4.69) is 28.2 Å². The van der Waals surface area contributed by atoms with E-state index >= 15 is 0 Å². The number of carbonyl (C=O) groups excluding carboxylic acids is 6. The van der Waals surface area contributed by atoms with E-state index in [9.17, 15) is 48.9 Å². The fourth-order valence-electron chi connectivity index (χ4n) is 13.9. The lowest BCUT2D eigenvalue weighted by molar-refractivity contribution is -0.201. The van der Waals surface area contributed by atoms with Gasteiger partial charge in [-0.05, 0) is 116 Å². The van der Waals surface area contributed by atoms with Gasteiger partial charge in [0.25, 0.3) is 0 Å². The van der Waals surface area contributed by atoms with E-state index in [4.69, 9.17) is 14.2 Å². The molecule has 6 saturated carbocycles. The predicted octanol–water partition coefficient (Wildman–Crippen LogP) is 5.23. The molecular weight excluding hydrogens is 945 g/mol. The predicted molar refractivity (Wildman–Crippen MR) is 264 cm³/mol. The van der Waals surface area contributed by atoms with Crippen molar-refractivity contribution in [3.8, 4) is 0 Å². The third-order valence-electron chi connectivity index (χ3n) is 17.0. The highest BCUT2D eigenvalue weighted by atomic mass is 32.2. The number of alkyl carbamates (subject to hydrolysis) is 1. The monoisotopic (exact) mass is 1010 g/mol. The van der Waals surface area contributed by atoms with Crippen molar-refractivity contribution in [3.05, 3.63) is 89.0 Å². The number of aliphatic carboxylic acids is 1. The number of carbonyl (C=O) groups is 7. The number of aliphatic hydroxyl groups excluding tert-OH is 2. The van der Waals surface area contributed by atoms with E-state index in [0.717, 1.165) is 55.2 Å². The standard InChI is InChI=1S/C54H66N4O13S/c1-30(2)72-26-44(64)55-23-43(63)57-39(15-16-45(65)66)47(67)56-35-12-7-32(8-13-35)25-69-49(68)58-53-27-52(28-53,29-53)21-31-5-9-33(10-6-31)48-70-42-20-38-37-14-11-34-19-36(60)17-18-50(34,3)46(37)40(61)22-51(38,4)54(42,71-48)41(62)24-59/h5-10,12-13,17-19,30,37-40,42,46,48,59,61H,11,14-16,20-29H2,1-4H3,(H,55,64)(H,56,67)(H,57,63)(H,58,68)(H,65,66)/t37-,38-,39-,40-,42+,46+,48+,50-,51-,52?,53?,54+/m0/s1. The minimum atomic E-state index is -1.43. The quantitative estimate of drug-likeness (QED) is 0.0952. The van der Waals surface area contributed by atoms with E-state index in [-0.39, 0.29) is 77.4 Å². The van der Waals surface area contributed by atoms with Crippen molar-refractivity contribution in [1.29, 1.82) is 0 Å². The molecule has 7 N–H and O–H groups in total. The second-order valence-electron chi connectivity index (χ2n) is 22.1. The number of rotatable bonds is 19. The minimum Gasteiger partial charge on any atom is -0.481 e. The molecule has 7 aliphatic carbocycles. The molecule has 17 nitrogen and oxygen atoms in total. The number of allylic oxidation sites excluding steroid dienone is 4. The molecule has 1 saturated heterocycles. The molecular formula is C54H66N4O13S. The Morgan fingerprint density at radius 2 is 1.67 bits per heavy atom. The number of aliphatic hydroxyl groups is 2. The Labute approximate surface area is 423 Å². The molecule has 2 bridgehead atoms. The molecule has 2 aromatic rings. The van der Waals surface area contributed by atoms with Crippen LogP contribution in [-0.2, 0) is 56.0 Å². The summed E-state index contributed by atoms with van der Waals surface area (Å²) in [6.07, 6.45) is 7.72. The van der Waals surface area contributed by atoms with Crippen molar-refractivity contribution in [3.63, 3.8) is 0 Å². The first kappa shape index (κ1) is 51.5. The number of ketones is 2. The number of anilines is 1. The number of hydrogen-bond donors (Lipinski definition) is 7. The van der Waals surface area contributed by atoms with E-state index < -0.39 is 77.2 Å². The first-order valence-electron chi connectivity index (χ1n) is 25.1. The smallest absolute Gasteiger partial charge is 0.407 e. The summed E-state index contributed by atoms with van der Waals surface area (Å²) in [7, 11) is 0. The molecule has 7 fully saturated rings. The van der Waals surface area contributed by atoms with Crippen LogP contribution in [0.25, 0.3) is 0 Å². The highest BCUT2D eigenvalue weighted by molar-refractivity contribution is 8.00. The molecule has 2 aromatic carbocycles. The third-order valence-corrected chi connectivity index (χ3v) is 18.1. The lowest BCUT2D eigenvalue weighted by Gasteiger charge is -2.70. The van der Waals surface area contributed by atoms with Crippen LogP contribution < -0.4 is 21.3 Å². The Hall–Kier alpha value is -5.40. The molecule has 0 aromatic heterocycles. The summed E-state index contributed by atoms with van der Waals surface area (Å²) in [5.74, 6) is -3.03. The summed E-state index contributed by atoms with van der Waals surface area (Å²) in [5.41, 5.74) is 1.06. The van der Waals surface area contributed by atoms with Crippen LogP contribution >= 0.6 is 11.8 Å². The number of benzene rings is 2. The lowest BCUT2D eigenvalue weighted by Crippen LogP contribution is -2.75. The number of ether oxygens (including phenoxy) is 3. The van der Waals surface area contributed by atoms with E-state index in [0.29, 0.717) is 24.1 Å². The van der Waals surface area contributed by atoms with E-state index in [1.54, 1.807) is 36.4 Å². The van der Waals surface area contributed by atoms with Crippen molar-refractivity contribution < 1.29 is 63.1 Å². The largest absolute Gasteiger partial charge is 0.481 e. The SMILES string of the molecule is CC(C)SCC(=O)NCC(=O)N[C@@H](CCC(=O)O)C(=O)Nc1ccc(COC(=O)NC23CC(Cc4ccc([C@@H]5O[C@@H]6C[C@H]7[C@@H]8CCC9=CC(=O)C=C[C@]9(C)[C@H]8[C@@H](O)C[C@]7(C)[C@]6(C(=O)CO)O5)cc4)(C2)C3)cc1. The first-order chi connectivity index (χ1) is 34.2. The molecule has 8 aliphatic rings. The molecule has 386 valence electrons. The topological polar surface area (TPSA) is 256 Å². The Morgan fingerprint density at radius 1 is 0.958 bits per heavy atom. The molecule has 10 rings (SSSR count). The lowest BCUT2D eigenvalue weighted by atomic mass is 9.38. The summed E-state index contributed by atoms with van der Waals surface area (Å²) in [6, 6.07) is 13.4. The average molecular weight is 1010 g/mol. The van der Waals surface area contributed by atoms with Crippen molar-refractivity contribution in [2.24, 2.45) is 34.0 Å². The summed E-state index contributed by atoms with van der Waals surface area (Å²) in [5, 5.41) is 42.5. The first-order valence-corrected chi connectivity index (χ1v) is 26.2. The number of nitrogens with one attached hydrogen (secondary N) is 4. The van der Waals surface area contributed by atoms with Crippen molar-refractivity contribution in [2.75, 3.05) is 24.2 Å². The molecule has 10 atom stereocenters. The number of carboxylic acid groups (broad SMARTS) is 1. The fourth-order valence-corrected chi connectivity index (χ4v) is 14.5. The number of amides is 4. The van der Waals surface area contributed by atoms with Crippen LogP contribution in [0, 0.1) is 34.0 Å². The zero-order valence-electron chi connectivity index (χ0n) is 41.2. The van der Waals surface area contributed by atoms with E-state index in [1.165, 1.54) is 11.8 Å². The van der Waals surface area contributed by atoms with Gasteiger partial charge in [0.2, 0.25) is 17.7 Å². The maximum atomic E-state index is 14.0. The van der Waals surface area contributed by atoms with Crippen LogP contribution in [0.2, 0.25) is 0 Å². The molecule has 1 heterocycles. The number of hydrogen-bond acceptors (Lipinski definition) is 13. The van der Waals surface area contributed by atoms with Gasteiger partial charge in [0.05, 0.1) is 24.5 Å². The van der Waals surface area contributed by atoms with Gasteiger partial charge >= 0.3 is 12.1 Å². The van der Waals surface area contributed by atoms with Crippen LogP contribution in [-0.4, -0.2) is 110 Å². The molecule has 4 amide bonds. The van der Waals surface area contributed by atoms with Crippen LogP contribution in [0.1, 0.15) is 108 Å². The maximum Gasteiger partial charge on any atom is 0.407 e. The van der Waals surface area contributed by atoms with Crippen molar-refractivity contribution in [1.82, 2.24) is 16.0 Å². The highest BCUT2D eigenvalue weighted by Crippen LogP contribution is 2.71. The second kappa shape index (κ2) is 19.8. The van der Waals surface area contributed by atoms with Gasteiger partial charge in [0.15, 0.2) is 23.5 Å². The van der Waals surface area contributed by atoms with Gasteiger partial charge in [-0.2, -0.15) is 0 Å². The Bertz CT molecular complexity index is 2550. The Kier molecular flexibility index (Phi) is 14.2. The van der Waals surface area contributed by atoms with Gasteiger partial charge in [0.1, 0.15) is 19.3 Å². The number of Topliss-reactive ketones (excluding diaryl/α,β-unsaturated/α-hetero) is 1. The third kappa shape index (κ3) is 9.64. The van der Waals surface area contributed by atoms with Gasteiger partial charge in [-0.15, -0.1) is 11.8 Å². The molecule has 0 spiro atoms. The Morgan fingerprint density at radius 3 is 2.35 bits per heavy atom. The van der Waals surface area contributed by atoms with Crippen molar-refractivity contribution >= 4 is 58.8 Å². The summed E-state index contributed by atoms with van der Waals surface area (Å²) in [4.78, 5) is 88.1. The van der Waals surface area contributed by atoms with Crippen LogP contribution in [0.3, 0.4) is 0 Å². The summed E-state index contributed by atoms with van der Waals surface area (Å²) in [6.45, 7) is 6.96. The van der Waals surface area contributed by atoms with Gasteiger partial charge in [-0.3, -0.25) is 28.8 Å². The molecule has 18 heteroatoms. The van der Waals surface area contributed by atoms with Gasteiger partial charge in [-0.1, -0.05) is 75.7 Å². The normalized spacial score (nSPS) is 33.9. The van der Waals surface area contributed by atoms with Crippen molar-refractivity contribution in [2.45, 2.75) is 139 Å². The maximum absolute atomic E-state index is 14.0. The van der Waals surface area contributed by atoms with Crippen LogP contribution in [0.15, 0.2) is 72.3 Å². The van der Waals surface area contributed by atoms with Gasteiger partial charge in [0, 0.05) is 40.0 Å². The number of fused-ring (bicyclic) bond motifs is 7. The second-order valence-corrected chi connectivity index (χ2v) is 23.7. The van der Waals surface area contributed by atoms with Crippen LogP contribution in [0.5, 0.6) is 0 Å². The van der Waals surface area contributed by atoms with Gasteiger partial charge in [-0.25, -0.2) is 4.79 Å². The molecule has 0 unspecified atom stereocenters. The Balaban J connectivity index is 0.733. The summed E-state index contributed by atoms with van der Waals surface area (Å²) < 4.78 is 19.0. The zero-order valence-corrected chi connectivity index (χ0v) is 42.0. The minimum absolute atomic E-state index is 0.00480. The fraction of sp³-hybridized carbons (Fsp3) is 0.574. The summed E-state index contributed by atoms with van der Waals surface area (Å²) >= 11 is 1.42.